The fraction of sp³-hybridized carbons (Fsp3) is 0.222. The van der Waals surface area contributed by atoms with E-state index in [1.807, 2.05) is 19.9 Å². The van der Waals surface area contributed by atoms with Crippen molar-refractivity contribution in [3.05, 3.63) is 77.5 Å². The van der Waals surface area contributed by atoms with Crippen LogP contribution < -0.4 is 15.0 Å². The number of aryl methyl sites for hydroxylation is 1. The number of anilines is 2. The standard InChI is InChI=1S/C27H23N5O4/c1-17-14-19(36-25-18(15-28)6-5-13-29-25)9-10-21(17)30-23(33)16-31-26(35)20-7-3-4-8-22(20)32-24(34)11-12-27(31,32)2/h3-10,13-14H,11-12,16H2,1-2H3,(H,30,33). The topological polar surface area (TPSA) is 116 Å². The molecule has 9 heteroatoms. The van der Waals surface area contributed by atoms with Crippen molar-refractivity contribution >= 4 is 29.1 Å². The lowest BCUT2D eigenvalue weighted by Gasteiger charge is -2.48. The molecule has 3 aromatic rings. The van der Waals surface area contributed by atoms with Crippen molar-refractivity contribution in [2.45, 2.75) is 32.4 Å². The summed E-state index contributed by atoms with van der Waals surface area (Å²) in [4.78, 5) is 46.4. The minimum atomic E-state index is -0.909. The van der Waals surface area contributed by atoms with Gasteiger partial charge in [-0.05, 0) is 68.3 Å². The summed E-state index contributed by atoms with van der Waals surface area (Å²) in [6, 6.07) is 17.4. The zero-order chi connectivity index (χ0) is 25.4. The molecule has 2 aromatic carbocycles. The van der Waals surface area contributed by atoms with Gasteiger partial charge in [-0.15, -0.1) is 0 Å². The summed E-state index contributed by atoms with van der Waals surface area (Å²) < 4.78 is 5.74. The zero-order valence-corrected chi connectivity index (χ0v) is 19.8. The van der Waals surface area contributed by atoms with Crippen molar-refractivity contribution in [2.24, 2.45) is 0 Å². The summed E-state index contributed by atoms with van der Waals surface area (Å²) in [5, 5.41) is 12.1. The van der Waals surface area contributed by atoms with Crippen LogP contribution in [-0.2, 0) is 9.59 Å². The van der Waals surface area contributed by atoms with Crippen LogP contribution in [0, 0.1) is 18.3 Å². The fourth-order valence-electron chi connectivity index (χ4n) is 4.78. The predicted molar refractivity (Wildman–Crippen MR) is 131 cm³/mol. The first-order valence-electron chi connectivity index (χ1n) is 11.5. The second kappa shape index (κ2) is 8.82. The molecule has 1 unspecified atom stereocenters. The number of aromatic nitrogens is 1. The maximum absolute atomic E-state index is 13.4. The van der Waals surface area contributed by atoms with Crippen LogP contribution >= 0.6 is 0 Å². The van der Waals surface area contributed by atoms with Gasteiger partial charge in [0.25, 0.3) is 5.91 Å². The molecule has 1 aromatic heterocycles. The highest BCUT2D eigenvalue weighted by atomic mass is 16.5. The minimum absolute atomic E-state index is 0.0678. The molecule has 2 aliphatic rings. The second-order valence-electron chi connectivity index (χ2n) is 8.95. The summed E-state index contributed by atoms with van der Waals surface area (Å²) in [6.07, 6.45) is 2.29. The number of hydrogen-bond donors (Lipinski definition) is 1. The minimum Gasteiger partial charge on any atom is -0.438 e. The van der Waals surface area contributed by atoms with Crippen LogP contribution in [0.3, 0.4) is 0 Å². The number of benzene rings is 2. The Balaban J connectivity index is 1.34. The monoisotopic (exact) mass is 481 g/mol. The molecule has 0 radical (unpaired) electrons. The van der Waals surface area contributed by atoms with Gasteiger partial charge in [-0.1, -0.05) is 12.1 Å². The van der Waals surface area contributed by atoms with Gasteiger partial charge in [0.1, 0.15) is 29.6 Å². The largest absolute Gasteiger partial charge is 0.438 e. The highest BCUT2D eigenvalue weighted by Crippen LogP contribution is 2.43. The number of amides is 3. The van der Waals surface area contributed by atoms with Gasteiger partial charge in [-0.3, -0.25) is 19.3 Å². The Morgan fingerprint density at radius 2 is 2.00 bits per heavy atom. The average molecular weight is 482 g/mol. The molecule has 1 atom stereocenters. The smallest absolute Gasteiger partial charge is 0.258 e. The molecule has 5 rings (SSSR count). The Morgan fingerprint density at radius 3 is 2.78 bits per heavy atom. The van der Waals surface area contributed by atoms with Crippen molar-refractivity contribution in [3.8, 4) is 17.7 Å². The van der Waals surface area contributed by atoms with Gasteiger partial charge in [0.2, 0.25) is 17.7 Å². The summed E-state index contributed by atoms with van der Waals surface area (Å²) in [5.41, 5.74) is 1.68. The predicted octanol–water partition coefficient (Wildman–Crippen LogP) is 3.99. The van der Waals surface area contributed by atoms with E-state index in [4.69, 9.17) is 4.74 Å². The summed E-state index contributed by atoms with van der Waals surface area (Å²) in [5.74, 6) is -0.0586. The van der Waals surface area contributed by atoms with E-state index >= 15 is 0 Å². The number of para-hydroxylation sites is 1. The number of fused-ring (bicyclic) bond motifs is 3. The van der Waals surface area contributed by atoms with Crippen LogP contribution in [0.1, 0.15) is 41.3 Å². The Hall–Kier alpha value is -4.71. The van der Waals surface area contributed by atoms with E-state index in [9.17, 15) is 19.6 Å². The molecular formula is C27H23N5O4. The number of rotatable bonds is 5. The molecule has 1 fully saturated rings. The number of nitrogens with one attached hydrogen (secondary N) is 1. The van der Waals surface area contributed by atoms with E-state index in [0.29, 0.717) is 41.1 Å². The van der Waals surface area contributed by atoms with Crippen LogP contribution in [0.5, 0.6) is 11.6 Å². The quantitative estimate of drug-likeness (QED) is 0.589. The molecule has 180 valence electrons. The third kappa shape index (κ3) is 3.82. The van der Waals surface area contributed by atoms with Crippen molar-refractivity contribution in [1.29, 1.82) is 5.26 Å². The van der Waals surface area contributed by atoms with Crippen molar-refractivity contribution in [3.63, 3.8) is 0 Å². The van der Waals surface area contributed by atoms with Gasteiger partial charge >= 0.3 is 0 Å². The highest BCUT2D eigenvalue weighted by Gasteiger charge is 2.53. The Bertz CT molecular complexity index is 1450. The SMILES string of the molecule is Cc1cc(Oc2ncccc2C#N)ccc1NC(=O)CN1C(=O)c2ccccc2N2C(=O)CCC12C. The van der Waals surface area contributed by atoms with E-state index in [1.165, 1.54) is 11.1 Å². The van der Waals surface area contributed by atoms with Gasteiger partial charge in [0.05, 0.1) is 11.3 Å². The highest BCUT2D eigenvalue weighted by molar-refractivity contribution is 6.11. The van der Waals surface area contributed by atoms with E-state index < -0.39 is 5.66 Å². The first-order chi connectivity index (χ1) is 17.3. The van der Waals surface area contributed by atoms with Gasteiger partial charge < -0.3 is 15.0 Å². The number of nitriles is 1. The molecule has 9 nitrogen and oxygen atoms in total. The third-order valence-corrected chi connectivity index (χ3v) is 6.63. The lowest BCUT2D eigenvalue weighted by atomic mass is 9.98. The van der Waals surface area contributed by atoms with Crippen LogP contribution in [0.2, 0.25) is 0 Å². The normalized spacial score (nSPS) is 18.4. The van der Waals surface area contributed by atoms with Gasteiger partial charge in [0.15, 0.2) is 0 Å². The molecular weight excluding hydrogens is 458 g/mol. The molecule has 0 saturated carbocycles. The molecule has 0 bridgehead atoms. The summed E-state index contributed by atoms with van der Waals surface area (Å²) >= 11 is 0. The van der Waals surface area contributed by atoms with E-state index in [2.05, 4.69) is 10.3 Å². The van der Waals surface area contributed by atoms with Gasteiger partial charge in [-0.25, -0.2) is 4.98 Å². The first kappa shape index (κ1) is 23.1. The fourth-order valence-corrected chi connectivity index (χ4v) is 4.78. The Morgan fingerprint density at radius 1 is 1.19 bits per heavy atom. The molecule has 0 aliphatic carbocycles. The Labute approximate surface area is 207 Å². The van der Waals surface area contributed by atoms with Crippen molar-refractivity contribution in [2.75, 3.05) is 16.8 Å². The summed E-state index contributed by atoms with van der Waals surface area (Å²) in [6.45, 7) is 3.43. The van der Waals surface area contributed by atoms with Crippen LogP contribution in [0.25, 0.3) is 0 Å². The van der Waals surface area contributed by atoms with Crippen LogP contribution in [-0.4, -0.2) is 39.8 Å². The van der Waals surface area contributed by atoms with Gasteiger partial charge in [0, 0.05) is 18.3 Å². The number of nitrogens with zero attached hydrogens (tertiary/aromatic N) is 4. The lowest BCUT2D eigenvalue weighted by Crippen LogP contribution is -2.63. The average Bonchev–Trinajstić information content (AvgIpc) is 3.19. The number of ether oxygens (including phenoxy) is 1. The number of pyridine rings is 1. The maximum atomic E-state index is 13.4. The zero-order valence-electron chi connectivity index (χ0n) is 19.8. The second-order valence-corrected chi connectivity index (χ2v) is 8.95. The third-order valence-electron chi connectivity index (χ3n) is 6.63. The van der Waals surface area contributed by atoms with E-state index in [1.54, 1.807) is 59.5 Å². The molecule has 3 heterocycles. The van der Waals surface area contributed by atoms with E-state index in [-0.39, 0.29) is 30.1 Å². The molecule has 3 amide bonds. The van der Waals surface area contributed by atoms with Crippen LogP contribution in [0.4, 0.5) is 11.4 Å². The molecule has 2 aliphatic heterocycles. The molecule has 36 heavy (non-hydrogen) atoms. The van der Waals surface area contributed by atoms with Crippen molar-refractivity contribution in [1.82, 2.24) is 9.88 Å². The van der Waals surface area contributed by atoms with E-state index in [0.717, 1.165) is 5.56 Å². The molecule has 1 saturated heterocycles. The molecule has 0 spiro atoms. The number of carbonyl (C=O) groups excluding carboxylic acids is 3. The maximum Gasteiger partial charge on any atom is 0.258 e. The van der Waals surface area contributed by atoms with Gasteiger partial charge in [-0.2, -0.15) is 5.26 Å². The number of hydrogen-bond acceptors (Lipinski definition) is 6. The van der Waals surface area contributed by atoms with Crippen molar-refractivity contribution < 1.29 is 19.1 Å². The molecule has 1 N–H and O–H groups in total. The first-order valence-corrected chi connectivity index (χ1v) is 11.5. The Kier molecular flexibility index (Phi) is 5.65. The van der Waals surface area contributed by atoms with Crippen LogP contribution in [0.15, 0.2) is 60.8 Å². The number of carbonyl (C=O) groups is 3. The lowest BCUT2D eigenvalue weighted by molar-refractivity contribution is -0.120. The summed E-state index contributed by atoms with van der Waals surface area (Å²) in [7, 11) is 0.